The Morgan fingerprint density at radius 3 is 2.96 bits per heavy atom. The highest BCUT2D eigenvalue weighted by atomic mass is 32.2. The van der Waals surface area contributed by atoms with Crippen LogP contribution in [0.5, 0.6) is 0 Å². The first kappa shape index (κ1) is 14.8. The van der Waals surface area contributed by atoms with Crippen molar-refractivity contribution in [2.24, 2.45) is 0 Å². The molecular weight excluding hydrogens is 332 g/mol. The molecule has 0 aliphatic heterocycles. The van der Waals surface area contributed by atoms with Crippen molar-refractivity contribution in [3.8, 4) is 0 Å². The number of nitrogens with zero attached hydrogens (tertiary/aromatic N) is 2. The van der Waals surface area contributed by atoms with Gasteiger partial charge in [0.15, 0.2) is 5.16 Å². The Labute approximate surface area is 148 Å². The molecule has 0 amide bonds. The van der Waals surface area contributed by atoms with Crippen LogP contribution < -0.4 is 5.63 Å². The van der Waals surface area contributed by atoms with Gasteiger partial charge < -0.3 is 4.42 Å². The van der Waals surface area contributed by atoms with Crippen LogP contribution in [-0.4, -0.2) is 9.38 Å². The average molecular weight is 348 g/mol. The molecule has 0 saturated heterocycles. The molecule has 124 valence electrons. The van der Waals surface area contributed by atoms with Crippen LogP contribution in [-0.2, 0) is 18.6 Å². The normalized spacial score (nSPS) is 13.6. The van der Waals surface area contributed by atoms with Gasteiger partial charge in [0.1, 0.15) is 5.58 Å². The molecule has 0 N–H and O–H groups in total. The smallest absolute Gasteiger partial charge is 0.336 e. The Balaban J connectivity index is 1.55. The fraction of sp³-hybridized carbons (Fsp3) is 0.200. The van der Waals surface area contributed by atoms with Crippen LogP contribution in [0.3, 0.4) is 0 Å². The Bertz CT molecular complexity index is 1160. The highest BCUT2D eigenvalue weighted by molar-refractivity contribution is 7.98. The minimum atomic E-state index is -0.283. The van der Waals surface area contributed by atoms with Gasteiger partial charge in [-0.15, -0.1) is 0 Å². The molecule has 0 fully saturated rings. The lowest BCUT2D eigenvalue weighted by Gasteiger charge is -2.08. The molecule has 1 aliphatic rings. The number of hydrogen-bond acceptors (Lipinski definition) is 4. The van der Waals surface area contributed by atoms with Crippen molar-refractivity contribution in [2.75, 3.05) is 0 Å². The number of benzene rings is 1. The van der Waals surface area contributed by atoms with Crippen LogP contribution in [0.1, 0.15) is 23.1 Å². The predicted molar refractivity (Wildman–Crippen MR) is 99.3 cm³/mol. The summed E-state index contributed by atoms with van der Waals surface area (Å²) in [5.74, 6) is 0.689. The summed E-state index contributed by atoms with van der Waals surface area (Å²) in [6, 6.07) is 11.9. The second-order valence-corrected chi connectivity index (χ2v) is 7.33. The van der Waals surface area contributed by atoms with Gasteiger partial charge in [-0.2, -0.15) is 0 Å². The number of imidazole rings is 1. The molecule has 5 heteroatoms. The highest BCUT2D eigenvalue weighted by Gasteiger charge is 2.15. The Morgan fingerprint density at radius 1 is 1.16 bits per heavy atom. The molecule has 3 heterocycles. The Kier molecular flexibility index (Phi) is 3.41. The lowest BCUT2D eigenvalue weighted by atomic mass is 10.0. The van der Waals surface area contributed by atoms with E-state index < -0.39 is 0 Å². The van der Waals surface area contributed by atoms with E-state index in [9.17, 15) is 4.79 Å². The summed E-state index contributed by atoms with van der Waals surface area (Å²) < 4.78 is 7.51. The van der Waals surface area contributed by atoms with Crippen molar-refractivity contribution in [3.63, 3.8) is 0 Å². The van der Waals surface area contributed by atoms with Crippen LogP contribution in [0, 0.1) is 0 Å². The summed E-state index contributed by atoms with van der Waals surface area (Å²) in [5.41, 5.74) is 5.21. The average Bonchev–Trinajstić information content (AvgIpc) is 3.24. The molecule has 1 aliphatic carbocycles. The molecular formula is C20H16N2O2S. The van der Waals surface area contributed by atoms with Gasteiger partial charge in [-0.3, -0.25) is 4.40 Å². The van der Waals surface area contributed by atoms with E-state index in [2.05, 4.69) is 21.5 Å². The van der Waals surface area contributed by atoms with E-state index in [1.807, 2.05) is 30.6 Å². The van der Waals surface area contributed by atoms with Crippen molar-refractivity contribution in [1.82, 2.24) is 9.38 Å². The number of hydrogen-bond donors (Lipinski definition) is 0. The molecule has 4 aromatic rings. The van der Waals surface area contributed by atoms with E-state index in [4.69, 9.17) is 4.42 Å². The summed E-state index contributed by atoms with van der Waals surface area (Å²) >= 11 is 1.64. The summed E-state index contributed by atoms with van der Waals surface area (Å²) in [6.07, 6.45) is 7.25. The molecule has 0 unspecified atom stereocenters. The molecule has 1 aromatic carbocycles. The van der Waals surface area contributed by atoms with Crippen LogP contribution in [0.25, 0.3) is 16.5 Å². The highest BCUT2D eigenvalue weighted by Crippen LogP contribution is 2.31. The molecule has 4 nitrogen and oxygen atoms in total. The second-order valence-electron chi connectivity index (χ2n) is 6.39. The molecule has 0 saturated carbocycles. The number of pyridine rings is 1. The molecule has 5 rings (SSSR count). The first-order chi connectivity index (χ1) is 12.3. The maximum absolute atomic E-state index is 12.0. The summed E-state index contributed by atoms with van der Waals surface area (Å²) in [7, 11) is 0. The Morgan fingerprint density at radius 2 is 2.04 bits per heavy atom. The van der Waals surface area contributed by atoms with Crippen molar-refractivity contribution in [2.45, 2.75) is 30.2 Å². The Hall–Kier alpha value is -2.53. The molecule has 0 atom stereocenters. The number of rotatable bonds is 3. The molecule has 0 spiro atoms. The zero-order valence-electron chi connectivity index (χ0n) is 13.6. The lowest BCUT2D eigenvalue weighted by Crippen LogP contribution is -2.01. The van der Waals surface area contributed by atoms with E-state index in [-0.39, 0.29) is 5.63 Å². The predicted octanol–water partition coefficient (Wildman–Crippen LogP) is 4.22. The van der Waals surface area contributed by atoms with Gasteiger partial charge >= 0.3 is 5.63 Å². The first-order valence-electron chi connectivity index (χ1n) is 8.41. The van der Waals surface area contributed by atoms with E-state index in [1.165, 1.54) is 17.5 Å². The van der Waals surface area contributed by atoms with Gasteiger partial charge in [-0.1, -0.05) is 17.8 Å². The third-order valence-electron chi connectivity index (χ3n) is 4.80. The van der Waals surface area contributed by atoms with E-state index in [1.54, 1.807) is 17.8 Å². The number of thioether (sulfide) groups is 1. The van der Waals surface area contributed by atoms with Crippen molar-refractivity contribution >= 4 is 28.2 Å². The van der Waals surface area contributed by atoms with Gasteiger partial charge in [0.2, 0.25) is 0 Å². The maximum Gasteiger partial charge on any atom is 0.336 e. The zero-order valence-corrected chi connectivity index (χ0v) is 14.4. The minimum absolute atomic E-state index is 0.283. The summed E-state index contributed by atoms with van der Waals surface area (Å²) in [5, 5.41) is 1.98. The summed E-state index contributed by atoms with van der Waals surface area (Å²) in [6.45, 7) is 0. The minimum Gasteiger partial charge on any atom is -0.423 e. The van der Waals surface area contributed by atoms with Gasteiger partial charge in [-0.25, -0.2) is 9.78 Å². The van der Waals surface area contributed by atoms with E-state index >= 15 is 0 Å². The molecule has 0 bridgehead atoms. The standard InChI is InChI=1S/C20H16N2O2S/c23-19-10-15(12-25-20-21-11-16-6-1-2-7-22(16)20)17-8-13-4-3-5-14(13)9-18(17)24-19/h1-2,6-11H,3-5,12H2. The van der Waals surface area contributed by atoms with Crippen LogP contribution >= 0.6 is 11.8 Å². The molecule has 3 aromatic heterocycles. The number of fused-ring (bicyclic) bond motifs is 3. The second kappa shape index (κ2) is 5.77. The fourth-order valence-corrected chi connectivity index (χ4v) is 4.54. The largest absolute Gasteiger partial charge is 0.423 e. The summed E-state index contributed by atoms with van der Waals surface area (Å²) in [4.78, 5) is 16.5. The van der Waals surface area contributed by atoms with Crippen LogP contribution in [0.4, 0.5) is 0 Å². The number of aromatic nitrogens is 2. The number of aryl methyl sites for hydroxylation is 2. The van der Waals surface area contributed by atoms with E-state index in [0.29, 0.717) is 11.3 Å². The fourth-order valence-electron chi connectivity index (χ4n) is 3.58. The third kappa shape index (κ3) is 2.55. The van der Waals surface area contributed by atoms with Crippen molar-refractivity contribution < 1.29 is 4.42 Å². The van der Waals surface area contributed by atoms with Crippen molar-refractivity contribution in [3.05, 3.63) is 75.9 Å². The molecule has 25 heavy (non-hydrogen) atoms. The van der Waals surface area contributed by atoms with Gasteiger partial charge in [0.25, 0.3) is 0 Å². The van der Waals surface area contributed by atoms with Gasteiger partial charge in [0, 0.05) is 23.4 Å². The van der Waals surface area contributed by atoms with Crippen molar-refractivity contribution in [1.29, 1.82) is 0 Å². The molecule has 0 radical (unpaired) electrons. The SMILES string of the molecule is O=c1cc(CSc2ncc3ccccn23)c2cc3c(cc2o1)CCC3. The quantitative estimate of drug-likeness (QED) is 0.411. The van der Waals surface area contributed by atoms with E-state index in [0.717, 1.165) is 34.5 Å². The first-order valence-corrected chi connectivity index (χ1v) is 9.40. The third-order valence-corrected chi connectivity index (χ3v) is 5.82. The van der Waals surface area contributed by atoms with Gasteiger partial charge in [0.05, 0.1) is 11.7 Å². The van der Waals surface area contributed by atoms with Gasteiger partial charge in [-0.05, 0) is 60.2 Å². The lowest BCUT2D eigenvalue weighted by molar-refractivity contribution is 0.559. The maximum atomic E-state index is 12.0. The van der Waals surface area contributed by atoms with Crippen LogP contribution in [0.15, 0.2) is 63.2 Å². The topological polar surface area (TPSA) is 47.5 Å². The van der Waals surface area contributed by atoms with Crippen LogP contribution in [0.2, 0.25) is 0 Å². The monoisotopic (exact) mass is 348 g/mol. The zero-order chi connectivity index (χ0) is 16.8.